The molecule has 1 saturated carbocycles. The van der Waals surface area contributed by atoms with Gasteiger partial charge >= 0.3 is 0 Å². The minimum Gasteiger partial charge on any atom is -0.504 e. The second kappa shape index (κ2) is 3.79. The van der Waals surface area contributed by atoms with Gasteiger partial charge in [0.1, 0.15) is 5.82 Å². The summed E-state index contributed by atoms with van der Waals surface area (Å²) in [6, 6.07) is 0.904. The van der Waals surface area contributed by atoms with Gasteiger partial charge in [-0.2, -0.15) is 0 Å². The van der Waals surface area contributed by atoms with E-state index in [2.05, 4.69) is 0 Å². The van der Waals surface area contributed by atoms with E-state index < -0.39 is 11.4 Å². The van der Waals surface area contributed by atoms with Crippen molar-refractivity contribution in [3.8, 4) is 11.5 Å². The molecule has 1 aliphatic rings. The Morgan fingerprint density at radius 2 is 2.19 bits per heavy atom. The third-order valence-electron chi connectivity index (χ3n) is 2.78. The van der Waals surface area contributed by atoms with Crippen LogP contribution in [0.15, 0.2) is 6.07 Å². The number of hydrogen-bond donors (Lipinski definition) is 2. The maximum absolute atomic E-state index is 13.3. The Kier molecular flexibility index (Phi) is 2.72. The van der Waals surface area contributed by atoms with E-state index in [0.29, 0.717) is 18.4 Å². The van der Waals surface area contributed by atoms with Gasteiger partial charge in [-0.25, -0.2) is 4.39 Å². The molecule has 0 aliphatic heterocycles. The van der Waals surface area contributed by atoms with Crippen LogP contribution in [0, 0.1) is 5.82 Å². The summed E-state index contributed by atoms with van der Waals surface area (Å²) < 4.78 is 18.3. The number of rotatable bonds is 3. The van der Waals surface area contributed by atoms with Crippen LogP contribution < -0.4 is 4.74 Å². The number of phenols is 1. The summed E-state index contributed by atoms with van der Waals surface area (Å²) >= 11 is 5.81. The van der Waals surface area contributed by atoms with E-state index in [1.54, 1.807) is 0 Å². The monoisotopic (exact) mass is 246 g/mol. The molecule has 2 N–H and O–H groups in total. The number of hydrogen-bond acceptors (Lipinski definition) is 3. The van der Waals surface area contributed by atoms with Crippen molar-refractivity contribution in [2.24, 2.45) is 0 Å². The molecule has 1 aromatic carbocycles. The van der Waals surface area contributed by atoms with Crippen LogP contribution in [0.2, 0.25) is 5.02 Å². The lowest BCUT2D eigenvalue weighted by Crippen LogP contribution is -2.12. The third kappa shape index (κ3) is 1.95. The quantitative estimate of drug-likeness (QED) is 0.860. The Bertz CT molecular complexity index is 430. The topological polar surface area (TPSA) is 49.7 Å². The Balaban J connectivity index is 2.47. The van der Waals surface area contributed by atoms with Crippen molar-refractivity contribution in [2.45, 2.75) is 24.9 Å². The third-order valence-corrected chi connectivity index (χ3v) is 3.19. The van der Waals surface area contributed by atoms with Crippen molar-refractivity contribution < 1.29 is 19.3 Å². The number of ether oxygens (including phenoxy) is 1. The predicted octanol–water partition coefficient (Wildman–Crippen LogP) is 2.26. The lowest BCUT2D eigenvalue weighted by atomic mass is 10.0. The van der Waals surface area contributed by atoms with E-state index in [0.717, 1.165) is 6.07 Å². The average Bonchev–Trinajstić information content (AvgIpc) is 2.93. The van der Waals surface area contributed by atoms with E-state index >= 15 is 0 Å². The fourth-order valence-electron chi connectivity index (χ4n) is 1.68. The standard InChI is InChI=1S/C11H12ClFO3/c1-16-10-6(5-11(15)2-3-11)9(12)7(13)4-8(10)14/h4,14-15H,2-3,5H2,1H3. The van der Waals surface area contributed by atoms with Crippen molar-refractivity contribution in [1.29, 1.82) is 0 Å². The first-order chi connectivity index (χ1) is 7.47. The smallest absolute Gasteiger partial charge is 0.165 e. The zero-order valence-electron chi connectivity index (χ0n) is 8.76. The van der Waals surface area contributed by atoms with Crippen molar-refractivity contribution >= 4 is 11.6 Å². The molecular weight excluding hydrogens is 235 g/mol. The molecule has 0 spiro atoms. The van der Waals surface area contributed by atoms with Crippen molar-refractivity contribution in [3.05, 3.63) is 22.5 Å². The van der Waals surface area contributed by atoms with Gasteiger partial charge in [0.05, 0.1) is 17.7 Å². The highest BCUT2D eigenvalue weighted by Crippen LogP contribution is 2.45. The van der Waals surface area contributed by atoms with E-state index in [1.165, 1.54) is 7.11 Å². The predicted molar refractivity (Wildman–Crippen MR) is 57.5 cm³/mol. The van der Waals surface area contributed by atoms with Gasteiger partial charge in [-0.1, -0.05) is 11.6 Å². The molecule has 0 radical (unpaired) electrons. The molecule has 88 valence electrons. The largest absolute Gasteiger partial charge is 0.504 e. The van der Waals surface area contributed by atoms with Gasteiger partial charge in [0.2, 0.25) is 0 Å². The lowest BCUT2D eigenvalue weighted by Gasteiger charge is -2.15. The van der Waals surface area contributed by atoms with Crippen LogP contribution in [-0.4, -0.2) is 22.9 Å². The first-order valence-corrected chi connectivity index (χ1v) is 5.31. The molecule has 1 aliphatic carbocycles. The molecule has 0 atom stereocenters. The van der Waals surface area contributed by atoms with Gasteiger partial charge in [0, 0.05) is 18.1 Å². The summed E-state index contributed by atoms with van der Waals surface area (Å²) in [6.07, 6.45) is 1.51. The van der Waals surface area contributed by atoms with Crippen molar-refractivity contribution in [1.82, 2.24) is 0 Å². The van der Waals surface area contributed by atoms with Crippen LogP contribution in [0.1, 0.15) is 18.4 Å². The zero-order valence-corrected chi connectivity index (χ0v) is 9.51. The van der Waals surface area contributed by atoms with Gasteiger partial charge in [-0.05, 0) is 12.8 Å². The van der Waals surface area contributed by atoms with E-state index in [1.807, 2.05) is 0 Å². The summed E-state index contributed by atoms with van der Waals surface area (Å²) in [4.78, 5) is 0. The molecular formula is C11H12ClFO3. The maximum Gasteiger partial charge on any atom is 0.165 e. The lowest BCUT2D eigenvalue weighted by molar-refractivity contribution is 0.149. The fourth-order valence-corrected chi connectivity index (χ4v) is 1.89. The van der Waals surface area contributed by atoms with Crippen molar-refractivity contribution in [3.63, 3.8) is 0 Å². The fraction of sp³-hybridized carbons (Fsp3) is 0.455. The number of phenolic OH excluding ortho intramolecular Hbond substituents is 1. The Labute approximate surface area is 97.4 Å². The molecule has 3 nitrogen and oxygen atoms in total. The van der Waals surface area contributed by atoms with E-state index in [4.69, 9.17) is 16.3 Å². The second-order valence-corrected chi connectivity index (χ2v) is 4.48. The minimum absolute atomic E-state index is 0.102. The molecule has 0 unspecified atom stereocenters. The van der Waals surface area contributed by atoms with Gasteiger partial charge in [0.15, 0.2) is 11.5 Å². The summed E-state index contributed by atoms with van der Waals surface area (Å²) in [5.41, 5.74) is -0.501. The van der Waals surface area contributed by atoms with Crippen molar-refractivity contribution in [2.75, 3.05) is 7.11 Å². The molecule has 0 bridgehead atoms. The van der Waals surface area contributed by atoms with Crippen LogP contribution in [0.25, 0.3) is 0 Å². The zero-order chi connectivity index (χ0) is 11.9. The van der Waals surface area contributed by atoms with E-state index in [-0.39, 0.29) is 22.9 Å². The second-order valence-electron chi connectivity index (χ2n) is 4.10. The Morgan fingerprint density at radius 3 is 2.69 bits per heavy atom. The van der Waals surface area contributed by atoms with Gasteiger partial charge in [-0.15, -0.1) is 0 Å². The minimum atomic E-state index is -0.822. The van der Waals surface area contributed by atoms with Crippen LogP contribution in [0.5, 0.6) is 11.5 Å². The molecule has 16 heavy (non-hydrogen) atoms. The number of halogens is 2. The highest BCUT2D eigenvalue weighted by atomic mass is 35.5. The van der Waals surface area contributed by atoms with Gasteiger partial charge in [0.25, 0.3) is 0 Å². The molecule has 0 heterocycles. The van der Waals surface area contributed by atoms with Gasteiger partial charge < -0.3 is 14.9 Å². The Hall–Kier alpha value is -1.00. The molecule has 5 heteroatoms. The number of methoxy groups -OCH3 is 1. The first-order valence-electron chi connectivity index (χ1n) is 4.93. The average molecular weight is 247 g/mol. The van der Waals surface area contributed by atoms with E-state index in [9.17, 15) is 14.6 Å². The molecule has 0 saturated heterocycles. The Morgan fingerprint density at radius 1 is 1.56 bits per heavy atom. The first kappa shape index (κ1) is 11.5. The van der Waals surface area contributed by atoms with Crippen LogP contribution >= 0.6 is 11.6 Å². The summed E-state index contributed by atoms with van der Waals surface area (Å²) in [5.74, 6) is -0.880. The number of aromatic hydroxyl groups is 1. The summed E-state index contributed by atoms with van der Waals surface area (Å²) in [5, 5.41) is 19.2. The van der Waals surface area contributed by atoms with Gasteiger partial charge in [-0.3, -0.25) is 0 Å². The highest BCUT2D eigenvalue weighted by Gasteiger charge is 2.42. The molecule has 0 amide bonds. The molecule has 1 aromatic rings. The van der Waals surface area contributed by atoms with Crippen LogP contribution in [0.4, 0.5) is 4.39 Å². The molecule has 0 aromatic heterocycles. The number of benzene rings is 1. The molecule has 1 fully saturated rings. The van der Waals surface area contributed by atoms with Crippen LogP contribution in [0.3, 0.4) is 0 Å². The maximum atomic E-state index is 13.3. The van der Waals surface area contributed by atoms with Crippen LogP contribution in [-0.2, 0) is 6.42 Å². The summed E-state index contributed by atoms with van der Waals surface area (Å²) in [7, 11) is 1.36. The summed E-state index contributed by atoms with van der Waals surface area (Å²) in [6.45, 7) is 0. The molecule has 2 rings (SSSR count). The number of aliphatic hydroxyl groups is 1. The highest BCUT2D eigenvalue weighted by molar-refractivity contribution is 6.31. The normalized spacial score (nSPS) is 17.2. The SMILES string of the molecule is COc1c(O)cc(F)c(Cl)c1CC1(O)CC1.